The fourth-order valence-electron chi connectivity index (χ4n) is 3.52. The number of carbonyl (C=O) groups is 1. The average molecular weight is 437 g/mol. The molecule has 0 radical (unpaired) electrons. The Bertz CT molecular complexity index is 1110. The van der Waals surface area contributed by atoms with Gasteiger partial charge in [0, 0.05) is 31.7 Å². The molecule has 1 fully saturated rings. The highest BCUT2D eigenvalue weighted by Gasteiger charge is 2.29. The Balaban J connectivity index is 1.33. The topological polar surface area (TPSA) is 66.9 Å². The van der Waals surface area contributed by atoms with Crippen molar-refractivity contribution in [2.45, 2.75) is 5.75 Å². The number of sulfonamides is 1. The van der Waals surface area contributed by atoms with Crippen LogP contribution >= 0.6 is 0 Å². The van der Waals surface area contributed by atoms with Crippen LogP contribution in [0.1, 0.15) is 15.9 Å². The van der Waals surface area contributed by atoms with Gasteiger partial charge < -0.3 is 9.64 Å². The number of hydrogen-bond donors (Lipinski definition) is 0. The molecule has 6 nitrogen and oxygen atoms in total. The zero-order chi connectivity index (χ0) is 21.7. The molecule has 1 heterocycles. The largest absolute Gasteiger partial charge is 0.457 e. The van der Waals surface area contributed by atoms with Gasteiger partial charge in [-0.15, -0.1) is 0 Å². The highest BCUT2D eigenvalue weighted by Crippen LogP contribution is 2.22. The Kier molecular flexibility index (Phi) is 6.34. The third-order valence-electron chi connectivity index (χ3n) is 5.19. The second-order valence-electron chi connectivity index (χ2n) is 7.37. The molecule has 0 aromatic heterocycles. The van der Waals surface area contributed by atoms with Gasteiger partial charge in [-0.3, -0.25) is 4.79 Å². The van der Waals surface area contributed by atoms with Crippen LogP contribution in [0.2, 0.25) is 0 Å². The van der Waals surface area contributed by atoms with E-state index in [0.717, 1.165) is 11.3 Å². The number of rotatable bonds is 6. The van der Waals surface area contributed by atoms with Crippen molar-refractivity contribution in [3.63, 3.8) is 0 Å². The summed E-state index contributed by atoms with van der Waals surface area (Å²) in [4.78, 5) is 14.5. The van der Waals surface area contributed by atoms with Crippen molar-refractivity contribution in [1.82, 2.24) is 9.21 Å². The standard InChI is InChI=1S/C24H24N2O4S/c27-24(21-11-13-23(14-12-21)30-22-9-5-2-6-10-22)25-15-17-26(18-16-25)31(28,29)19-20-7-3-1-4-8-20/h1-14H,15-19H2. The van der Waals surface area contributed by atoms with Crippen LogP contribution in [-0.4, -0.2) is 49.7 Å². The summed E-state index contributed by atoms with van der Waals surface area (Å²) in [5.74, 6) is 1.25. The predicted molar refractivity (Wildman–Crippen MR) is 120 cm³/mol. The lowest BCUT2D eigenvalue weighted by Crippen LogP contribution is -2.50. The molecule has 0 aliphatic carbocycles. The van der Waals surface area contributed by atoms with Gasteiger partial charge in [0.25, 0.3) is 5.91 Å². The molecule has 0 unspecified atom stereocenters. The lowest BCUT2D eigenvalue weighted by atomic mass is 10.2. The highest BCUT2D eigenvalue weighted by molar-refractivity contribution is 7.88. The summed E-state index contributed by atoms with van der Waals surface area (Å²) in [6.07, 6.45) is 0. The molecular formula is C24H24N2O4S. The monoisotopic (exact) mass is 436 g/mol. The van der Waals surface area contributed by atoms with Crippen molar-refractivity contribution in [2.24, 2.45) is 0 Å². The number of para-hydroxylation sites is 1. The predicted octanol–water partition coefficient (Wildman–Crippen LogP) is 3.77. The van der Waals surface area contributed by atoms with Gasteiger partial charge in [0.1, 0.15) is 11.5 Å². The molecule has 1 amide bonds. The molecule has 4 rings (SSSR count). The molecule has 0 saturated carbocycles. The molecule has 1 aliphatic rings. The minimum Gasteiger partial charge on any atom is -0.457 e. The number of carbonyl (C=O) groups excluding carboxylic acids is 1. The van der Waals surface area contributed by atoms with Crippen molar-refractivity contribution >= 4 is 15.9 Å². The summed E-state index contributed by atoms with van der Waals surface area (Å²) in [7, 11) is -3.41. The molecule has 0 atom stereocenters. The second kappa shape index (κ2) is 9.32. The fraction of sp³-hybridized carbons (Fsp3) is 0.208. The van der Waals surface area contributed by atoms with E-state index in [1.807, 2.05) is 60.7 Å². The minimum absolute atomic E-state index is 0.0232. The molecule has 160 valence electrons. The van der Waals surface area contributed by atoms with Gasteiger partial charge in [-0.2, -0.15) is 4.31 Å². The van der Waals surface area contributed by atoms with Crippen LogP contribution in [0.4, 0.5) is 0 Å². The van der Waals surface area contributed by atoms with Crippen molar-refractivity contribution < 1.29 is 17.9 Å². The van der Waals surface area contributed by atoms with Crippen molar-refractivity contribution in [3.8, 4) is 11.5 Å². The summed E-state index contributed by atoms with van der Waals surface area (Å²) >= 11 is 0. The minimum atomic E-state index is -3.41. The number of nitrogens with zero attached hydrogens (tertiary/aromatic N) is 2. The van der Waals surface area contributed by atoms with Gasteiger partial charge in [0.05, 0.1) is 5.75 Å². The lowest BCUT2D eigenvalue weighted by Gasteiger charge is -2.34. The number of amides is 1. The SMILES string of the molecule is O=C(c1ccc(Oc2ccccc2)cc1)N1CCN(S(=O)(=O)Cc2ccccc2)CC1. The summed E-state index contributed by atoms with van der Waals surface area (Å²) in [5.41, 5.74) is 1.32. The van der Waals surface area contributed by atoms with E-state index in [4.69, 9.17) is 4.74 Å². The van der Waals surface area contributed by atoms with Gasteiger partial charge in [0.2, 0.25) is 10.0 Å². The summed E-state index contributed by atoms with van der Waals surface area (Å²) in [5, 5.41) is 0. The van der Waals surface area contributed by atoms with Crippen LogP contribution in [0.25, 0.3) is 0 Å². The molecule has 31 heavy (non-hydrogen) atoms. The Morgan fingerprint density at radius 3 is 1.90 bits per heavy atom. The molecule has 1 aliphatic heterocycles. The Morgan fingerprint density at radius 1 is 0.742 bits per heavy atom. The van der Waals surface area contributed by atoms with E-state index in [9.17, 15) is 13.2 Å². The van der Waals surface area contributed by atoms with E-state index >= 15 is 0 Å². The van der Waals surface area contributed by atoms with Crippen LogP contribution in [0, 0.1) is 0 Å². The first-order chi connectivity index (χ1) is 15.0. The lowest BCUT2D eigenvalue weighted by molar-refractivity contribution is 0.0698. The van der Waals surface area contributed by atoms with Gasteiger partial charge in [-0.25, -0.2) is 8.42 Å². The van der Waals surface area contributed by atoms with Crippen LogP contribution in [0.3, 0.4) is 0 Å². The number of hydrogen-bond acceptors (Lipinski definition) is 4. The fourth-order valence-corrected chi connectivity index (χ4v) is 5.03. The van der Waals surface area contributed by atoms with Crippen molar-refractivity contribution in [1.29, 1.82) is 0 Å². The van der Waals surface area contributed by atoms with Crippen LogP contribution in [0.15, 0.2) is 84.9 Å². The van der Waals surface area contributed by atoms with E-state index < -0.39 is 10.0 Å². The summed E-state index contributed by atoms with van der Waals surface area (Å²) in [6.45, 7) is 1.34. The Labute approximate surface area is 182 Å². The van der Waals surface area contributed by atoms with Gasteiger partial charge >= 0.3 is 0 Å². The van der Waals surface area contributed by atoms with Crippen LogP contribution < -0.4 is 4.74 Å². The summed E-state index contributed by atoms with van der Waals surface area (Å²) in [6, 6.07) is 25.6. The average Bonchev–Trinajstić information content (AvgIpc) is 2.80. The third kappa shape index (κ3) is 5.31. The van der Waals surface area contributed by atoms with E-state index in [2.05, 4.69) is 0 Å². The van der Waals surface area contributed by atoms with Gasteiger partial charge in [0.15, 0.2) is 0 Å². The normalized spacial score (nSPS) is 14.9. The molecule has 1 saturated heterocycles. The van der Waals surface area contributed by atoms with E-state index in [0.29, 0.717) is 37.5 Å². The van der Waals surface area contributed by atoms with Crippen LogP contribution in [0.5, 0.6) is 11.5 Å². The van der Waals surface area contributed by atoms with E-state index in [1.54, 1.807) is 29.2 Å². The molecule has 0 bridgehead atoms. The quantitative estimate of drug-likeness (QED) is 0.590. The molecular weight excluding hydrogens is 412 g/mol. The first-order valence-corrected chi connectivity index (χ1v) is 11.8. The maximum absolute atomic E-state index is 12.8. The molecule has 7 heteroatoms. The summed E-state index contributed by atoms with van der Waals surface area (Å²) < 4.78 is 32.6. The third-order valence-corrected chi connectivity index (χ3v) is 7.04. The smallest absolute Gasteiger partial charge is 0.253 e. The number of benzene rings is 3. The maximum atomic E-state index is 12.8. The first kappa shape index (κ1) is 21.1. The zero-order valence-electron chi connectivity index (χ0n) is 17.1. The zero-order valence-corrected chi connectivity index (χ0v) is 17.9. The van der Waals surface area contributed by atoms with E-state index in [-0.39, 0.29) is 11.7 Å². The first-order valence-electron chi connectivity index (χ1n) is 10.2. The number of ether oxygens (including phenoxy) is 1. The molecule has 3 aromatic rings. The van der Waals surface area contributed by atoms with Gasteiger partial charge in [-0.05, 0) is 42.0 Å². The number of piperazine rings is 1. The van der Waals surface area contributed by atoms with Crippen molar-refractivity contribution in [2.75, 3.05) is 26.2 Å². The van der Waals surface area contributed by atoms with Crippen LogP contribution in [-0.2, 0) is 15.8 Å². The molecule has 0 N–H and O–H groups in total. The Morgan fingerprint density at radius 2 is 1.29 bits per heavy atom. The maximum Gasteiger partial charge on any atom is 0.253 e. The highest BCUT2D eigenvalue weighted by atomic mass is 32.2. The molecule has 3 aromatic carbocycles. The Hall–Kier alpha value is -3.16. The van der Waals surface area contributed by atoms with E-state index in [1.165, 1.54) is 4.31 Å². The van der Waals surface area contributed by atoms with Crippen molar-refractivity contribution in [3.05, 3.63) is 96.1 Å². The molecule has 0 spiro atoms. The second-order valence-corrected chi connectivity index (χ2v) is 9.34. The van der Waals surface area contributed by atoms with Gasteiger partial charge in [-0.1, -0.05) is 48.5 Å².